The van der Waals surface area contributed by atoms with Crippen LogP contribution in [0.5, 0.6) is 0 Å². The number of allylic oxidation sites excluding steroid dienone is 1. The van der Waals surface area contributed by atoms with Gasteiger partial charge >= 0.3 is 0 Å². The topological polar surface area (TPSA) is 17.1 Å². The first-order valence-electron chi connectivity index (χ1n) is 5.45. The molecule has 0 amide bonds. The molecule has 0 unspecified atom stereocenters. The molecule has 1 aliphatic carbocycles. The van der Waals surface area contributed by atoms with Gasteiger partial charge in [0.25, 0.3) is 0 Å². The molecule has 1 nitrogen and oxygen atoms in total. The summed E-state index contributed by atoms with van der Waals surface area (Å²) in [6.45, 7) is 3.62. The lowest BCUT2D eigenvalue weighted by Gasteiger charge is -2.06. The Balaban J connectivity index is 2.03. The number of ketones is 1. The maximum Gasteiger partial charge on any atom is 0.133 e. The Morgan fingerprint density at radius 1 is 1.31 bits per heavy atom. The molecule has 0 radical (unpaired) electrons. The van der Waals surface area contributed by atoms with Crippen LogP contribution < -0.4 is 0 Å². The average molecular weight is 180 g/mol. The van der Waals surface area contributed by atoms with Gasteiger partial charge in [-0.3, -0.25) is 4.79 Å². The summed E-state index contributed by atoms with van der Waals surface area (Å²) >= 11 is 0. The maximum absolute atomic E-state index is 11.3. The van der Waals surface area contributed by atoms with Crippen molar-refractivity contribution < 1.29 is 4.79 Å². The predicted molar refractivity (Wildman–Crippen MR) is 55.6 cm³/mol. The zero-order chi connectivity index (χ0) is 9.52. The van der Waals surface area contributed by atoms with Gasteiger partial charge in [0.1, 0.15) is 5.78 Å². The molecule has 0 aliphatic heterocycles. The lowest BCUT2D eigenvalue weighted by Crippen LogP contribution is -2.01. The average Bonchev–Trinajstić information content (AvgIpc) is 2.64. The van der Waals surface area contributed by atoms with Crippen molar-refractivity contribution in [2.45, 2.75) is 51.4 Å². The van der Waals surface area contributed by atoms with Crippen LogP contribution in [0.2, 0.25) is 0 Å². The SMILES string of the molecule is C=CCCC(=O)CCC1CCCC1. The van der Waals surface area contributed by atoms with Crippen LogP contribution >= 0.6 is 0 Å². The van der Waals surface area contributed by atoms with Crippen molar-refractivity contribution in [2.24, 2.45) is 5.92 Å². The molecule has 1 rings (SSSR count). The standard InChI is InChI=1S/C12H20O/c1-2-3-8-12(13)10-9-11-6-4-5-7-11/h2,11H,1,3-10H2. The van der Waals surface area contributed by atoms with Crippen molar-refractivity contribution in [3.8, 4) is 0 Å². The van der Waals surface area contributed by atoms with E-state index < -0.39 is 0 Å². The third-order valence-electron chi connectivity index (χ3n) is 2.93. The Morgan fingerprint density at radius 2 is 2.00 bits per heavy atom. The molecule has 13 heavy (non-hydrogen) atoms. The van der Waals surface area contributed by atoms with Crippen molar-refractivity contribution in [3.63, 3.8) is 0 Å². The van der Waals surface area contributed by atoms with Crippen molar-refractivity contribution in [3.05, 3.63) is 12.7 Å². The van der Waals surface area contributed by atoms with Gasteiger partial charge in [0.05, 0.1) is 0 Å². The van der Waals surface area contributed by atoms with E-state index in [4.69, 9.17) is 0 Å². The van der Waals surface area contributed by atoms with E-state index in [-0.39, 0.29) is 0 Å². The third-order valence-corrected chi connectivity index (χ3v) is 2.93. The summed E-state index contributed by atoms with van der Waals surface area (Å²) in [5.74, 6) is 1.28. The zero-order valence-corrected chi connectivity index (χ0v) is 8.43. The molecule has 0 N–H and O–H groups in total. The van der Waals surface area contributed by atoms with Gasteiger partial charge in [-0.05, 0) is 18.8 Å². The van der Waals surface area contributed by atoms with Crippen LogP contribution in [-0.2, 0) is 4.79 Å². The quantitative estimate of drug-likeness (QED) is 0.572. The second kappa shape index (κ2) is 5.95. The van der Waals surface area contributed by atoms with Crippen LogP contribution in [0.4, 0.5) is 0 Å². The lowest BCUT2D eigenvalue weighted by molar-refractivity contribution is -0.119. The van der Waals surface area contributed by atoms with Gasteiger partial charge in [-0.1, -0.05) is 31.8 Å². The molecule has 74 valence electrons. The van der Waals surface area contributed by atoms with Crippen LogP contribution in [0.3, 0.4) is 0 Å². The molecule has 1 aliphatic rings. The first-order chi connectivity index (χ1) is 6.33. The summed E-state index contributed by atoms with van der Waals surface area (Å²) < 4.78 is 0. The molecule has 1 saturated carbocycles. The van der Waals surface area contributed by atoms with E-state index in [2.05, 4.69) is 6.58 Å². The smallest absolute Gasteiger partial charge is 0.133 e. The summed E-state index contributed by atoms with van der Waals surface area (Å²) in [7, 11) is 0. The van der Waals surface area contributed by atoms with Crippen molar-refractivity contribution >= 4 is 5.78 Å². The van der Waals surface area contributed by atoms with Crippen molar-refractivity contribution in [2.75, 3.05) is 0 Å². The van der Waals surface area contributed by atoms with Gasteiger partial charge in [0.2, 0.25) is 0 Å². The van der Waals surface area contributed by atoms with Crippen LogP contribution in [0.1, 0.15) is 51.4 Å². The largest absolute Gasteiger partial charge is 0.300 e. The molecule has 0 aromatic rings. The van der Waals surface area contributed by atoms with E-state index in [0.717, 1.165) is 25.2 Å². The highest BCUT2D eigenvalue weighted by Gasteiger charge is 2.15. The molecule has 1 fully saturated rings. The fraction of sp³-hybridized carbons (Fsp3) is 0.750. The van der Waals surface area contributed by atoms with Gasteiger partial charge in [-0.15, -0.1) is 6.58 Å². The maximum atomic E-state index is 11.3. The molecule has 0 aromatic carbocycles. The van der Waals surface area contributed by atoms with Gasteiger partial charge < -0.3 is 0 Å². The van der Waals surface area contributed by atoms with E-state index in [1.807, 2.05) is 6.08 Å². The van der Waals surface area contributed by atoms with E-state index in [1.54, 1.807) is 0 Å². The molecule has 0 aromatic heterocycles. The third kappa shape index (κ3) is 4.25. The van der Waals surface area contributed by atoms with Gasteiger partial charge in [0, 0.05) is 12.8 Å². The number of hydrogen-bond acceptors (Lipinski definition) is 1. The van der Waals surface area contributed by atoms with Crippen LogP contribution in [0.25, 0.3) is 0 Å². The number of carbonyl (C=O) groups excluding carboxylic acids is 1. The van der Waals surface area contributed by atoms with Crippen molar-refractivity contribution in [1.29, 1.82) is 0 Å². The summed E-state index contributed by atoms with van der Waals surface area (Å²) in [6, 6.07) is 0. The highest BCUT2D eigenvalue weighted by atomic mass is 16.1. The summed E-state index contributed by atoms with van der Waals surface area (Å²) in [4.78, 5) is 11.3. The highest BCUT2D eigenvalue weighted by Crippen LogP contribution is 2.28. The number of rotatable bonds is 6. The Bertz CT molecular complexity index is 166. The van der Waals surface area contributed by atoms with Gasteiger partial charge in [0.15, 0.2) is 0 Å². The highest BCUT2D eigenvalue weighted by molar-refractivity contribution is 5.78. The van der Waals surface area contributed by atoms with Crippen LogP contribution in [0.15, 0.2) is 12.7 Å². The zero-order valence-electron chi connectivity index (χ0n) is 8.43. The lowest BCUT2D eigenvalue weighted by atomic mass is 9.99. The minimum atomic E-state index is 0.423. The fourth-order valence-electron chi connectivity index (χ4n) is 2.05. The van der Waals surface area contributed by atoms with Crippen LogP contribution in [0, 0.1) is 5.92 Å². The monoisotopic (exact) mass is 180 g/mol. The Labute approximate surface area is 81.2 Å². The molecular weight excluding hydrogens is 160 g/mol. The summed E-state index contributed by atoms with van der Waals surface area (Å²) in [5, 5.41) is 0. The molecule has 0 heterocycles. The van der Waals surface area contributed by atoms with E-state index in [0.29, 0.717) is 12.2 Å². The first kappa shape index (κ1) is 10.5. The molecular formula is C12H20O. The Morgan fingerprint density at radius 3 is 2.62 bits per heavy atom. The molecule has 0 atom stereocenters. The van der Waals surface area contributed by atoms with E-state index in [1.165, 1.54) is 25.7 Å². The number of hydrogen-bond donors (Lipinski definition) is 0. The van der Waals surface area contributed by atoms with Crippen LogP contribution in [-0.4, -0.2) is 5.78 Å². The fourth-order valence-corrected chi connectivity index (χ4v) is 2.05. The summed E-state index contributed by atoms with van der Waals surface area (Å²) in [6.07, 6.45) is 10.8. The predicted octanol–water partition coefficient (Wildman–Crippen LogP) is 3.49. The molecule has 0 spiro atoms. The minimum absolute atomic E-state index is 0.423. The second-order valence-corrected chi connectivity index (χ2v) is 4.06. The number of carbonyl (C=O) groups is 1. The minimum Gasteiger partial charge on any atom is -0.300 e. The van der Waals surface area contributed by atoms with E-state index in [9.17, 15) is 4.79 Å². The van der Waals surface area contributed by atoms with Crippen molar-refractivity contribution in [1.82, 2.24) is 0 Å². The molecule has 0 bridgehead atoms. The number of Topliss-reactive ketones (excluding diaryl/α,β-unsaturated/α-hetero) is 1. The summed E-state index contributed by atoms with van der Waals surface area (Å²) in [5.41, 5.74) is 0. The second-order valence-electron chi connectivity index (χ2n) is 4.06. The normalized spacial score (nSPS) is 17.5. The molecule has 1 heteroatoms. The Kier molecular flexibility index (Phi) is 4.81. The van der Waals surface area contributed by atoms with Gasteiger partial charge in [-0.25, -0.2) is 0 Å². The first-order valence-corrected chi connectivity index (χ1v) is 5.45. The van der Waals surface area contributed by atoms with Gasteiger partial charge in [-0.2, -0.15) is 0 Å². The van der Waals surface area contributed by atoms with E-state index >= 15 is 0 Å². The Hall–Kier alpha value is -0.590. The molecule has 0 saturated heterocycles.